The van der Waals surface area contributed by atoms with Crippen molar-refractivity contribution in [2.75, 3.05) is 0 Å². The fourth-order valence-electron chi connectivity index (χ4n) is 3.07. The molecule has 2 aromatic rings. The van der Waals surface area contributed by atoms with Crippen molar-refractivity contribution in [3.05, 3.63) is 82.4 Å². The first kappa shape index (κ1) is 12.0. The quantitative estimate of drug-likeness (QED) is 0.639. The topological polar surface area (TPSA) is 0 Å². The van der Waals surface area contributed by atoms with Crippen molar-refractivity contribution in [3.8, 4) is 0 Å². The van der Waals surface area contributed by atoms with Gasteiger partial charge in [-0.1, -0.05) is 60.2 Å². The zero-order valence-electron chi connectivity index (χ0n) is 11.7. The molecule has 94 valence electrons. The summed E-state index contributed by atoms with van der Waals surface area (Å²) in [5, 5.41) is 0. The molecule has 0 aliphatic heterocycles. The van der Waals surface area contributed by atoms with Crippen molar-refractivity contribution in [2.45, 2.75) is 20.8 Å². The molecule has 19 heavy (non-hydrogen) atoms. The highest BCUT2D eigenvalue weighted by atomic mass is 14.3. The van der Waals surface area contributed by atoms with Gasteiger partial charge in [-0.15, -0.1) is 0 Å². The van der Waals surface area contributed by atoms with Crippen LogP contribution in [0.5, 0.6) is 0 Å². The van der Waals surface area contributed by atoms with Crippen molar-refractivity contribution in [1.82, 2.24) is 0 Å². The molecule has 2 aromatic carbocycles. The normalized spacial score (nSPS) is 13.7. The molecular weight excluding hydrogens is 228 g/mol. The van der Waals surface area contributed by atoms with E-state index >= 15 is 0 Å². The van der Waals surface area contributed by atoms with Crippen molar-refractivity contribution in [1.29, 1.82) is 0 Å². The van der Waals surface area contributed by atoms with Crippen LogP contribution in [-0.2, 0) is 0 Å². The van der Waals surface area contributed by atoms with Crippen LogP contribution in [0.3, 0.4) is 0 Å². The Labute approximate surface area is 115 Å². The molecule has 0 aromatic heterocycles. The summed E-state index contributed by atoms with van der Waals surface area (Å²) in [5.41, 5.74) is 9.62. The van der Waals surface area contributed by atoms with E-state index in [0.29, 0.717) is 0 Å². The van der Waals surface area contributed by atoms with Gasteiger partial charge in [-0.25, -0.2) is 0 Å². The Morgan fingerprint density at radius 3 is 1.95 bits per heavy atom. The van der Waals surface area contributed by atoms with Gasteiger partial charge in [0.25, 0.3) is 0 Å². The Hall–Kier alpha value is -2.08. The second-order valence-electron chi connectivity index (χ2n) is 5.29. The third kappa shape index (κ3) is 1.84. The second kappa shape index (κ2) is 4.55. The summed E-state index contributed by atoms with van der Waals surface area (Å²) >= 11 is 0. The lowest BCUT2D eigenvalue weighted by atomic mass is 9.98. The van der Waals surface area contributed by atoms with E-state index in [1.165, 1.54) is 39.0 Å². The van der Waals surface area contributed by atoms with Crippen molar-refractivity contribution in [3.63, 3.8) is 0 Å². The number of fused-ring (bicyclic) bond motifs is 1. The summed E-state index contributed by atoms with van der Waals surface area (Å²) in [7, 11) is 0. The Balaban J connectivity index is 2.33. The van der Waals surface area contributed by atoms with E-state index in [1.807, 2.05) is 0 Å². The van der Waals surface area contributed by atoms with Crippen LogP contribution < -0.4 is 0 Å². The van der Waals surface area contributed by atoms with E-state index in [-0.39, 0.29) is 0 Å². The molecule has 0 atom stereocenters. The summed E-state index contributed by atoms with van der Waals surface area (Å²) in [6.07, 6.45) is 0. The fraction of sp³-hybridized carbons (Fsp3) is 0.158. The van der Waals surface area contributed by atoms with Gasteiger partial charge >= 0.3 is 0 Å². The largest absolute Gasteiger partial charge is 0.0683 e. The van der Waals surface area contributed by atoms with E-state index in [9.17, 15) is 0 Å². The van der Waals surface area contributed by atoms with Crippen molar-refractivity contribution < 1.29 is 0 Å². The van der Waals surface area contributed by atoms with Crippen LogP contribution in [0.25, 0.3) is 11.1 Å². The van der Waals surface area contributed by atoms with Crippen LogP contribution in [0.15, 0.2) is 65.7 Å². The maximum absolute atomic E-state index is 2.24. The minimum atomic E-state index is 1.31. The molecule has 0 fully saturated rings. The van der Waals surface area contributed by atoms with Gasteiger partial charge in [-0.05, 0) is 54.2 Å². The monoisotopic (exact) mass is 246 g/mol. The highest BCUT2D eigenvalue weighted by Crippen LogP contribution is 2.45. The molecule has 3 rings (SSSR count). The van der Waals surface area contributed by atoms with E-state index in [0.717, 1.165) is 0 Å². The average molecular weight is 246 g/mol. The van der Waals surface area contributed by atoms with Gasteiger partial charge in [-0.2, -0.15) is 0 Å². The summed E-state index contributed by atoms with van der Waals surface area (Å²) in [4.78, 5) is 0. The van der Waals surface area contributed by atoms with E-state index in [1.54, 1.807) is 0 Å². The van der Waals surface area contributed by atoms with Gasteiger partial charge in [0, 0.05) is 0 Å². The van der Waals surface area contributed by atoms with Gasteiger partial charge in [0.05, 0.1) is 0 Å². The number of benzene rings is 2. The Bertz CT molecular complexity index is 681. The third-order valence-corrected chi connectivity index (χ3v) is 3.78. The molecule has 1 aliphatic rings. The molecule has 1 aliphatic carbocycles. The smallest absolute Gasteiger partial charge is 0.00697 e. The molecule has 0 N–H and O–H groups in total. The standard InChI is InChI=1S/C19H18/c1-13(2)18-14(3)19(15-9-5-4-6-10-15)17-12-8-7-11-16(17)18/h4-12H,1-3H3. The zero-order chi connectivity index (χ0) is 13.4. The molecule has 0 bridgehead atoms. The molecular formula is C19H18. The third-order valence-electron chi connectivity index (χ3n) is 3.78. The maximum Gasteiger partial charge on any atom is -0.00697 e. The molecule has 0 unspecified atom stereocenters. The van der Waals surface area contributed by atoms with Crippen LogP contribution >= 0.6 is 0 Å². The van der Waals surface area contributed by atoms with E-state index in [2.05, 4.69) is 75.4 Å². The highest BCUT2D eigenvalue weighted by Gasteiger charge is 2.24. The Morgan fingerprint density at radius 2 is 1.32 bits per heavy atom. The summed E-state index contributed by atoms with van der Waals surface area (Å²) < 4.78 is 0. The summed E-state index contributed by atoms with van der Waals surface area (Å²) in [6, 6.07) is 19.4. The fourth-order valence-corrected chi connectivity index (χ4v) is 3.07. The predicted octanol–water partition coefficient (Wildman–Crippen LogP) is 5.32. The minimum absolute atomic E-state index is 1.31. The van der Waals surface area contributed by atoms with Crippen molar-refractivity contribution in [2.24, 2.45) is 0 Å². The van der Waals surface area contributed by atoms with Gasteiger partial charge < -0.3 is 0 Å². The zero-order valence-corrected chi connectivity index (χ0v) is 11.7. The molecule has 0 amide bonds. The second-order valence-corrected chi connectivity index (χ2v) is 5.29. The van der Waals surface area contributed by atoms with Crippen LogP contribution in [0.2, 0.25) is 0 Å². The average Bonchev–Trinajstić information content (AvgIpc) is 2.71. The molecule has 0 spiro atoms. The highest BCUT2D eigenvalue weighted by molar-refractivity contribution is 6.04. The molecule has 0 radical (unpaired) electrons. The number of hydrogen-bond donors (Lipinski definition) is 0. The summed E-state index contributed by atoms with van der Waals surface area (Å²) in [6.45, 7) is 6.64. The maximum atomic E-state index is 2.24. The Kier molecular flexibility index (Phi) is 2.87. The molecule has 0 saturated heterocycles. The van der Waals surface area contributed by atoms with Gasteiger partial charge in [0.1, 0.15) is 0 Å². The van der Waals surface area contributed by atoms with Crippen LogP contribution in [0, 0.1) is 0 Å². The minimum Gasteiger partial charge on any atom is -0.0683 e. The molecule has 0 nitrogen and oxygen atoms in total. The number of allylic oxidation sites excluding steroid dienone is 3. The van der Waals surface area contributed by atoms with E-state index in [4.69, 9.17) is 0 Å². The molecule has 0 saturated carbocycles. The van der Waals surface area contributed by atoms with Gasteiger partial charge in [0.15, 0.2) is 0 Å². The predicted molar refractivity (Wildman–Crippen MR) is 82.8 cm³/mol. The Morgan fingerprint density at radius 1 is 0.737 bits per heavy atom. The lowest BCUT2D eigenvalue weighted by Crippen LogP contribution is -1.86. The SMILES string of the molecule is CC(C)=C1C(C)=C(c2ccccc2)c2ccccc21. The van der Waals surface area contributed by atoms with Gasteiger partial charge in [-0.3, -0.25) is 0 Å². The van der Waals surface area contributed by atoms with Crippen LogP contribution in [0.4, 0.5) is 0 Å². The van der Waals surface area contributed by atoms with Gasteiger partial charge in [0.2, 0.25) is 0 Å². The summed E-state index contributed by atoms with van der Waals surface area (Å²) in [5.74, 6) is 0. The van der Waals surface area contributed by atoms with Crippen LogP contribution in [-0.4, -0.2) is 0 Å². The lowest BCUT2D eigenvalue weighted by molar-refractivity contribution is 1.37. The number of rotatable bonds is 1. The molecule has 0 heteroatoms. The first-order chi connectivity index (χ1) is 9.20. The first-order valence-electron chi connectivity index (χ1n) is 6.74. The molecule has 0 heterocycles. The number of hydrogen-bond acceptors (Lipinski definition) is 0. The van der Waals surface area contributed by atoms with Crippen LogP contribution in [0.1, 0.15) is 37.5 Å². The lowest BCUT2D eigenvalue weighted by Gasteiger charge is -2.06. The van der Waals surface area contributed by atoms with Crippen molar-refractivity contribution >= 4 is 11.1 Å². The van der Waals surface area contributed by atoms with E-state index < -0.39 is 0 Å². The first-order valence-corrected chi connectivity index (χ1v) is 6.74.